The van der Waals surface area contributed by atoms with Gasteiger partial charge in [0.2, 0.25) is 5.91 Å². The number of allylic oxidation sites excluding steroid dienone is 2. The number of esters is 2. The van der Waals surface area contributed by atoms with Crippen LogP contribution in [0.1, 0.15) is 19.4 Å². The molecule has 1 saturated heterocycles. The number of benzene rings is 1. The van der Waals surface area contributed by atoms with E-state index in [9.17, 15) is 24.5 Å². The molecule has 4 rings (SSSR count). The number of nitro benzene ring substituents is 1. The molecule has 3 aliphatic rings. The monoisotopic (exact) mass is 505 g/mol. The third-order valence-electron chi connectivity index (χ3n) is 5.98. The molecule has 0 unspecified atom stereocenters. The lowest BCUT2D eigenvalue weighted by atomic mass is 9.66. The number of halogens is 1. The first-order chi connectivity index (χ1) is 15.3. The zero-order valence-corrected chi connectivity index (χ0v) is 18.8. The summed E-state index contributed by atoms with van der Waals surface area (Å²) in [7, 11) is 0. The molecule has 0 saturated carbocycles. The molecule has 11 heteroatoms. The second-order valence-corrected chi connectivity index (χ2v) is 8.40. The minimum Gasteiger partial charge on any atom is -0.466 e. The molecule has 0 bridgehead atoms. The molecule has 1 fully saturated rings. The molecule has 0 aliphatic carbocycles. The first kappa shape index (κ1) is 22.0. The Balaban J connectivity index is 2.03. The fourth-order valence-corrected chi connectivity index (χ4v) is 5.66. The number of rotatable bonds is 5. The highest BCUT2D eigenvalue weighted by molar-refractivity contribution is 9.11. The van der Waals surface area contributed by atoms with Crippen molar-refractivity contribution in [2.24, 2.45) is 5.92 Å². The van der Waals surface area contributed by atoms with Gasteiger partial charge in [-0.05, 0) is 32.1 Å². The predicted octanol–water partition coefficient (Wildman–Crippen LogP) is 2.39. The summed E-state index contributed by atoms with van der Waals surface area (Å²) in [6, 6.07) is 2.00. The van der Waals surface area contributed by atoms with Crippen LogP contribution in [0.25, 0.3) is 0 Å². The summed E-state index contributed by atoms with van der Waals surface area (Å²) in [5.41, 5.74) is -1.29. The maximum atomic E-state index is 13.6. The average molecular weight is 506 g/mol. The summed E-state index contributed by atoms with van der Waals surface area (Å²) in [4.78, 5) is 52.6. The number of nitrogens with zero attached hydrogens (tertiary/aromatic N) is 2. The molecular formula is C21H20BrN3O7. The van der Waals surface area contributed by atoms with Gasteiger partial charge in [0.05, 0.1) is 24.2 Å². The van der Waals surface area contributed by atoms with E-state index in [1.165, 1.54) is 18.2 Å². The number of carbonyl (C=O) groups excluding carboxylic acids is 3. The summed E-state index contributed by atoms with van der Waals surface area (Å²) in [5, 5.41) is 14.2. The maximum absolute atomic E-state index is 13.6. The Morgan fingerprint density at radius 1 is 1.25 bits per heavy atom. The van der Waals surface area contributed by atoms with E-state index in [0.29, 0.717) is 10.2 Å². The first-order valence-electron chi connectivity index (χ1n) is 10.0. The van der Waals surface area contributed by atoms with Gasteiger partial charge in [-0.1, -0.05) is 15.9 Å². The van der Waals surface area contributed by atoms with E-state index < -0.39 is 46.2 Å². The summed E-state index contributed by atoms with van der Waals surface area (Å²) >= 11 is 3.49. The number of ether oxygens (including phenoxy) is 2. The van der Waals surface area contributed by atoms with Crippen molar-refractivity contribution in [1.29, 1.82) is 0 Å². The predicted molar refractivity (Wildman–Crippen MR) is 116 cm³/mol. The number of carbonyl (C=O) groups is 3. The van der Waals surface area contributed by atoms with Gasteiger partial charge < -0.3 is 19.7 Å². The molecule has 1 spiro atoms. The van der Waals surface area contributed by atoms with Gasteiger partial charge in [0, 0.05) is 34.1 Å². The third-order valence-corrected chi connectivity index (χ3v) is 6.68. The van der Waals surface area contributed by atoms with E-state index in [1.807, 2.05) is 0 Å². The molecule has 1 aromatic carbocycles. The van der Waals surface area contributed by atoms with Crippen LogP contribution in [0, 0.1) is 16.0 Å². The molecule has 1 N–H and O–H groups in total. The van der Waals surface area contributed by atoms with Gasteiger partial charge in [-0.2, -0.15) is 0 Å². The lowest BCUT2D eigenvalue weighted by Gasteiger charge is -2.36. The lowest BCUT2D eigenvalue weighted by molar-refractivity contribution is -0.384. The van der Waals surface area contributed by atoms with Gasteiger partial charge in [-0.3, -0.25) is 19.7 Å². The van der Waals surface area contributed by atoms with Crippen LogP contribution in [-0.4, -0.2) is 53.0 Å². The number of fused-ring (bicyclic) bond motifs is 4. The Morgan fingerprint density at radius 2 is 1.94 bits per heavy atom. The van der Waals surface area contributed by atoms with Crippen LogP contribution in [0.15, 0.2) is 41.0 Å². The van der Waals surface area contributed by atoms with E-state index in [-0.39, 0.29) is 24.5 Å². The zero-order valence-electron chi connectivity index (χ0n) is 17.2. The highest BCUT2D eigenvalue weighted by Crippen LogP contribution is 2.58. The molecule has 0 aromatic heterocycles. The second-order valence-electron chi connectivity index (χ2n) is 7.48. The molecule has 0 radical (unpaired) electrons. The third kappa shape index (κ3) is 2.94. The van der Waals surface area contributed by atoms with Crippen molar-refractivity contribution >= 4 is 45.2 Å². The number of amides is 1. The van der Waals surface area contributed by atoms with Gasteiger partial charge in [0.15, 0.2) is 0 Å². The fraction of sp³-hybridized carbons (Fsp3) is 0.381. The number of nitrogens with one attached hydrogen (secondary N) is 1. The van der Waals surface area contributed by atoms with Crippen molar-refractivity contribution in [2.75, 3.05) is 18.5 Å². The SMILES string of the molecule is CCOC(=O)[C@H]1[C@H](C(=O)OCC)[C@@]2(C(=O)Nc3ccc([N+](=O)[O-])cc32)[C@@H]2C(Br)=CC=CN21. The van der Waals surface area contributed by atoms with Crippen molar-refractivity contribution < 1.29 is 28.8 Å². The Morgan fingerprint density at radius 3 is 2.59 bits per heavy atom. The molecular weight excluding hydrogens is 486 g/mol. The van der Waals surface area contributed by atoms with Crippen molar-refractivity contribution in [3.05, 3.63) is 56.7 Å². The number of anilines is 1. The average Bonchev–Trinajstić information content (AvgIpc) is 3.22. The van der Waals surface area contributed by atoms with Crippen molar-refractivity contribution in [3.8, 4) is 0 Å². The van der Waals surface area contributed by atoms with Crippen LogP contribution in [0.4, 0.5) is 11.4 Å². The maximum Gasteiger partial charge on any atom is 0.329 e. The number of nitro groups is 1. The van der Waals surface area contributed by atoms with Crippen LogP contribution >= 0.6 is 15.9 Å². The second kappa shape index (κ2) is 8.05. The van der Waals surface area contributed by atoms with Crippen LogP contribution in [0.5, 0.6) is 0 Å². The van der Waals surface area contributed by atoms with Crippen molar-refractivity contribution in [1.82, 2.24) is 4.90 Å². The number of hydrogen-bond acceptors (Lipinski definition) is 8. The minimum absolute atomic E-state index is 0.0297. The summed E-state index contributed by atoms with van der Waals surface area (Å²) in [6.45, 7) is 3.37. The molecule has 32 heavy (non-hydrogen) atoms. The van der Waals surface area contributed by atoms with E-state index in [4.69, 9.17) is 9.47 Å². The highest BCUT2D eigenvalue weighted by Gasteiger charge is 2.72. The molecule has 3 heterocycles. The molecule has 3 aliphatic heterocycles. The molecule has 168 valence electrons. The normalized spacial score (nSPS) is 27.5. The quantitative estimate of drug-likeness (QED) is 0.366. The smallest absolute Gasteiger partial charge is 0.329 e. The molecule has 1 aromatic rings. The summed E-state index contributed by atoms with van der Waals surface area (Å²) in [5.74, 6) is -3.30. The van der Waals surface area contributed by atoms with E-state index in [2.05, 4.69) is 21.2 Å². The van der Waals surface area contributed by atoms with E-state index in [1.54, 1.807) is 37.1 Å². The van der Waals surface area contributed by atoms with Crippen molar-refractivity contribution in [3.63, 3.8) is 0 Å². The standard InChI is InChI=1S/C21H20BrN3O7/c1-3-31-18(26)15-16(19(27)32-4-2)24-9-5-6-13(22)17(24)21(15)12-10-11(25(29)30)7-8-14(12)23-20(21)28/h5-10,15-17H,3-4H2,1-2H3,(H,23,28)/t15-,16-,17+,21-/m1/s1. The van der Waals surface area contributed by atoms with Gasteiger partial charge in [0.1, 0.15) is 17.4 Å². The van der Waals surface area contributed by atoms with Gasteiger partial charge >= 0.3 is 11.9 Å². The van der Waals surface area contributed by atoms with Crippen LogP contribution in [-0.2, 0) is 29.3 Å². The zero-order chi connectivity index (χ0) is 23.2. The largest absolute Gasteiger partial charge is 0.466 e. The van der Waals surface area contributed by atoms with Crippen LogP contribution in [0.2, 0.25) is 0 Å². The Hall–Kier alpha value is -3.21. The summed E-state index contributed by atoms with van der Waals surface area (Å²) < 4.78 is 11.1. The topological polar surface area (TPSA) is 128 Å². The molecule has 4 atom stereocenters. The Kier molecular flexibility index (Phi) is 5.53. The Labute approximate surface area is 191 Å². The lowest BCUT2D eigenvalue weighted by Crippen LogP contribution is -2.52. The number of hydrogen-bond donors (Lipinski definition) is 1. The minimum atomic E-state index is -1.66. The van der Waals surface area contributed by atoms with Gasteiger partial charge in [-0.25, -0.2) is 4.79 Å². The first-order valence-corrected chi connectivity index (χ1v) is 10.8. The van der Waals surface area contributed by atoms with Gasteiger partial charge in [0.25, 0.3) is 5.69 Å². The Bertz CT molecular complexity index is 1090. The van der Waals surface area contributed by atoms with Crippen LogP contribution in [0.3, 0.4) is 0 Å². The summed E-state index contributed by atoms with van der Waals surface area (Å²) in [6.07, 6.45) is 5.00. The fourth-order valence-electron chi connectivity index (χ4n) is 4.91. The molecule has 10 nitrogen and oxygen atoms in total. The van der Waals surface area contributed by atoms with E-state index in [0.717, 1.165) is 0 Å². The van der Waals surface area contributed by atoms with Crippen molar-refractivity contribution in [2.45, 2.75) is 31.3 Å². The number of non-ortho nitro benzene ring substituents is 1. The van der Waals surface area contributed by atoms with E-state index >= 15 is 0 Å². The highest BCUT2D eigenvalue weighted by atomic mass is 79.9. The molecule has 1 amide bonds. The van der Waals surface area contributed by atoms with Gasteiger partial charge in [-0.15, -0.1) is 0 Å². The van der Waals surface area contributed by atoms with Crippen LogP contribution < -0.4 is 5.32 Å².